The summed E-state index contributed by atoms with van der Waals surface area (Å²) >= 11 is 0. The number of nitrogens with zero attached hydrogens (tertiary/aromatic N) is 4. The van der Waals surface area contributed by atoms with Crippen LogP contribution in [0.3, 0.4) is 0 Å². The van der Waals surface area contributed by atoms with E-state index >= 15 is 0 Å². The Morgan fingerprint density at radius 2 is 1.69 bits per heavy atom. The van der Waals surface area contributed by atoms with E-state index in [0.717, 1.165) is 30.5 Å². The van der Waals surface area contributed by atoms with Crippen LogP contribution in [0.15, 0.2) is 73.1 Å². The highest BCUT2D eigenvalue weighted by molar-refractivity contribution is 6.23. The summed E-state index contributed by atoms with van der Waals surface area (Å²) in [7, 11) is 1.88. The van der Waals surface area contributed by atoms with E-state index in [1.54, 1.807) is 24.5 Å². The number of hydrogen-bond acceptors (Lipinski definition) is 5. The van der Waals surface area contributed by atoms with E-state index in [4.69, 9.17) is 0 Å². The Bertz CT molecular complexity index is 1250. The molecule has 2 aliphatic heterocycles. The van der Waals surface area contributed by atoms with Crippen molar-refractivity contribution in [2.45, 2.75) is 25.8 Å². The Morgan fingerprint density at radius 1 is 0.944 bits per heavy atom. The first-order valence-electron chi connectivity index (χ1n) is 12.4. The number of rotatable bonds is 7. The van der Waals surface area contributed by atoms with E-state index < -0.39 is 0 Å². The van der Waals surface area contributed by atoms with E-state index in [9.17, 15) is 14.4 Å². The van der Waals surface area contributed by atoms with Gasteiger partial charge in [-0.15, -0.1) is 0 Å². The molecule has 2 aromatic carbocycles. The van der Waals surface area contributed by atoms with Gasteiger partial charge in [0.25, 0.3) is 11.8 Å². The molecule has 36 heavy (non-hydrogen) atoms. The molecule has 0 bridgehead atoms. The van der Waals surface area contributed by atoms with Crippen molar-refractivity contribution in [1.29, 1.82) is 0 Å². The Balaban J connectivity index is 1.23. The Hall–Kier alpha value is -4.00. The minimum Gasteiger partial charge on any atom is -0.371 e. The SMILES string of the molecule is CN(CCc1ccccc1)C(=O)C1CCN(c2cccc3c2C(=O)N(Cc2cccnc2)C3=O)CC1. The molecule has 0 aliphatic carbocycles. The standard InChI is InChI=1S/C29H30N4O3/c1-31(16-12-21-7-3-2-4-8-21)27(34)23-13-17-32(18-14-23)25-11-5-10-24-26(25)29(36)33(28(24)35)20-22-9-6-15-30-19-22/h2-11,15,19,23H,12-14,16-18,20H2,1H3. The molecule has 0 atom stereocenters. The fourth-order valence-corrected chi connectivity index (χ4v) is 5.13. The largest absolute Gasteiger partial charge is 0.371 e. The van der Waals surface area contributed by atoms with Crippen molar-refractivity contribution < 1.29 is 14.4 Å². The number of hydrogen-bond donors (Lipinski definition) is 0. The summed E-state index contributed by atoms with van der Waals surface area (Å²) in [6.07, 6.45) is 5.62. The Morgan fingerprint density at radius 3 is 2.42 bits per heavy atom. The fourth-order valence-electron chi connectivity index (χ4n) is 5.13. The molecule has 1 fully saturated rings. The van der Waals surface area contributed by atoms with Gasteiger partial charge in [0.1, 0.15) is 0 Å². The number of anilines is 1. The highest BCUT2D eigenvalue weighted by atomic mass is 16.2. The number of imide groups is 1. The zero-order valence-electron chi connectivity index (χ0n) is 20.5. The number of benzene rings is 2. The van der Waals surface area contributed by atoms with Crippen molar-refractivity contribution in [1.82, 2.24) is 14.8 Å². The predicted molar refractivity (Wildman–Crippen MR) is 138 cm³/mol. The van der Waals surface area contributed by atoms with Crippen molar-refractivity contribution in [3.8, 4) is 0 Å². The first-order chi connectivity index (χ1) is 17.5. The summed E-state index contributed by atoms with van der Waals surface area (Å²) in [5.74, 6) is -0.393. The van der Waals surface area contributed by atoms with E-state index in [-0.39, 0.29) is 30.2 Å². The summed E-state index contributed by atoms with van der Waals surface area (Å²) in [6.45, 7) is 2.23. The van der Waals surface area contributed by atoms with Crippen molar-refractivity contribution >= 4 is 23.4 Å². The smallest absolute Gasteiger partial charge is 0.263 e. The third kappa shape index (κ3) is 4.73. The first kappa shape index (κ1) is 23.7. The number of pyridine rings is 1. The second-order valence-corrected chi connectivity index (χ2v) is 9.51. The van der Waals surface area contributed by atoms with Gasteiger partial charge in [-0.05, 0) is 48.6 Å². The third-order valence-electron chi connectivity index (χ3n) is 7.18. The molecule has 2 aliphatic rings. The maximum absolute atomic E-state index is 13.3. The van der Waals surface area contributed by atoms with Gasteiger partial charge in [0.05, 0.1) is 23.4 Å². The average Bonchev–Trinajstić information content (AvgIpc) is 3.17. The lowest BCUT2D eigenvalue weighted by Crippen LogP contribution is -2.42. The number of likely N-dealkylation sites (N-methyl/N-ethyl adjacent to an activating group) is 1. The molecular formula is C29H30N4O3. The van der Waals surface area contributed by atoms with Gasteiger partial charge in [0.2, 0.25) is 5.91 Å². The summed E-state index contributed by atoms with van der Waals surface area (Å²) in [5.41, 5.74) is 3.73. The molecule has 3 amide bonds. The van der Waals surface area contributed by atoms with Gasteiger partial charge >= 0.3 is 0 Å². The highest BCUT2D eigenvalue weighted by Gasteiger charge is 2.39. The average molecular weight is 483 g/mol. The lowest BCUT2D eigenvalue weighted by molar-refractivity contribution is -0.134. The van der Waals surface area contributed by atoms with Crippen LogP contribution in [0.1, 0.15) is 44.7 Å². The fraction of sp³-hybridized carbons (Fsp3) is 0.310. The molecular weight excluding hydrogens is 452 g/mol. The molecule has 7 nitrogen and oxygen atoms in total. The number of aromatic nitrogens is 1. The van der Waals surface area contributed by atoms with Gasteiger partial charge in [0, 0.05) is 45.0 Å². The van der Waals surface area contributed by atoms with Crippen molar-refractivity contribution in [2.24, 2.45) is 5.92 Å². The summed E-state index contributed by atoms with van der Waals surface area (Å²) in [4.78, 5) is 48.8. The minimum atomic E-state index is -0.272. The summed E-state index contributed by atoms with van der Waals surface area (Å²) < 4.78 is 0. The molecule has 1 aromatic heterocycles. The molecule has 0 radical (unpaired) electrons. The topological polar surface area (TPSA) is 73.8 Å². The molecule has 1 saturated heterocycles. The zero-order chi connectivity index (χ0) is 25.1. The van der Waals surface area contributed by atoms with E-state index in [1.807, 2.05) is 48.3 Å². The van der Waals surface area contributed by atoms with E-state index in [0.29, 0.717) is 30.8 Å². The van der Waals surface area contributed by atoms with Crippen LogP contribution in [0, 0.1) is 5.92 Å². The van der Waals surface area contributed by atoms with Crippen LogP contribution in [0.25, 0.3) is 0 Å². The zero-order valence-corrected chi connectivity index (χ0v) is 20.5. The monoisotopic (exact) mass is 482 g/mol. The van der Waals surface area contributed by atoms with Crippen LogP contribution in [0.4, 0.5) is 5.69 Å². The van der Waals surface area contributed by atoms with E-state index in [2.05, 4.69) is 22.0 Å². The quantitative estimate of drug-likeness (QED) is 0.479. The number of amides is 3. The van der Waals surface area contributed by atoms with Crippen molar-refractivity contribution in [2.75, 3.05) is 31.6 Å². The van der Waals surface area contributed by atoms with Crippen LogP contribution in [0.5, 0.6) is 0 Å². The number of carbonyl (C=O) groups is 3. The molecule has 0 spiro atoms. The second-order valence-electron chi connectivity index (χ2n) is 9.51. The van der Waals surface area contributed by atoms with Crippen molar-refractivity contribution in [3.05, 3.63) is 95.3 Å². The molecule has 5 rings (SSSR count). The van der Waals surface area contributed by atoms with Crippen LogP contribution >= 0.6 is 0 Å². The Kier molecular flexibility index (Phi) is 6.80. The maximum Gasteiger partial charge on any atom is 0.263 e. The van der Waals surface area contributed by atoms with E-state index in [1.165, 1.54) is 10.5 Å². The van der Waals surface area contributed by atoms with Gasteiger partial charge in [-0.3, -0.25) is 24.3 Å². The first-order valence-corrected chi connectivity index (χ1v) is 12.4. The van der Waals surface area contributed by atoms with Crippen LogP contribution in [-0.4, -0.2) is 59.2 Å². The second kappa shape index (κ2) is 10.3. The lowest BCUT2D eigenvalue weighted by atomic mass is 9.94. The lowest BCUT2D eigenvalue weighted by Gasteiger charge is -2.35. The normalized spacial score (nSPS) is 15.8. The molecule has 3 heterocycles. The molecule has 0 N–H and O–H groups in total. The van der Waals surface area contributed by atoms with Crippen LogP contribution in [0.2, 0.25) is 0 Å². The van der Waals surface area contributed by atoms with Gasteiger partial charge in [-0.25, -0.2) is 0 Å². The summed E-state index contributed by atoms with van der Waals surface area (Å²) in [5, 5.41) is 0. The minimum absolute atomic E-state index is 0.0294. The molecule has 0 saturated carbocycles. The third-order valence-corrected chi connectivity index (χ3v) is 7.18. The van der Waals surface area contributed by atoms with Gasteiger partial charge < -0.3 is 9.80 Å². The molecule has 184 valence electrons. The predicted octanol–water partition coefficient (Wildman–Crippen LogP) is 3.80. The number of carbonyl (C=O) groups excluding carboxylic acids is 3. The summed E-state index contributed by atoms with van der Waals surface area (Å²) in [6, 6.07) is 19.3. The van der Waals surface area contributed by atoms with Crippen LogP contribution < -0.4 is 4.90 Å². The molecule has 0 unspecified atom stereocenters. The van der Waals surface area contributed by atoms with Gasteiger partial charge in [-0.1, -0.05) is 42.5 Å². The van der Waals surface area contributed by atoms with Gasteiger partial charge in [-0.2, -0.15) is 0 Å². The maximum atomic E-state index is 13.3. The van der Waals surface area contributed by atoms with Gasteiger partial charge in [0.15, 0.2) is 0 Å². The molecule has 3 aromatic rings. The van der Waals surface area contributed by atoms with Crippen molar-refractivity contribution in [3.63, 3.8) is 0 Å². The number of fused-ring (bicyclic) bond motifs is 1. The Labute approximate surface area is 211 Å². The number of piperidine rings is 1. The highest BCUT2D eigenvalue weighted by Crippen LogP contribution is 2.34. The molecule has 7 heteroatoms. The van der Waals surface area contributed by atoms with Crippen LogP contribution in [-0.2, 0) is 17.8 Å².